The third kappa shape index (κ3) is 8.80. The molecule has 0 saturated carbocycles. The third-order valence-electron chi connectivity index (χ3n) is 12.8. The van der Waals surface area contributed by atoms with Crippen LogP contribution in [0, 0.1) is 23.7 Å². The summed E-state index contributed by atoms with van der Waals surface area (Å²) >= 11 is 0. The number of hydrogen-bond donors (Lipinski definition) is 1. The van der Waals surface area contributed by atoms with Crippen molar-refractivity contribution in [2.24, 2.45) is 0 Å². The Kier molecular flexibility index (Phi) is 12.0. The molecule has 16 nitrogen and oxygen atoms in total. The van der Waals surface area contributed by atoms with Crippen molar-refractivity contribution < 1.29 is 19.2 Å². The Morgan fingerprint density at radius 2 is 1.65 bits per heavy atom. The van der Waals surface area contributed by atoms with Crippen LogP contribution in [0.15, 0.2) is 48.8 Å². The van der Waals surface area contributed by atoms with Crippen molar-refractivity contribution in [3.8, 4) is 35.2 Å². The van der Waals surface area contributed by atoms with Crippen molar-refractivity contribution in [3.05, 3.63) is 82.3 Å². The Hall–Kier alpha value is -6.46. The average molecular weight is 849 g/mol. The van der Waals surface area contributed by atoms with Crippen LogP contribution in [0.4, 0.5) is 11.6 Å². The standard InChI is InChI=1S/C47H52N12O4/c1-4-56-31-48-52-44(56)38-12-7-13-41(49-38)59-29-37-36(47(59)63)27-42(57-21-8-10-32(57)2)50-39(37)30-53(3)18-5-6-19-54-22-24-55(25-23-54)20-9-11-33-14-15-35-34(26-33)28-58(46(35)62)40-16-17-43(60)51-45(40)61/h7,12-15,26-27,31-32,40H,4,8,10,16-25,28-30H2,1-3H3,(H,51,60,61)/t32-,40?/m1/s1. The van der Waals surface area contributed by atoms with E-state index in [4.69, 9.17) is 9.97 Å². The summed E-state index contributed by atoms with van der Waals surface area (Å²) in [6.45, 7) is 12.7. The summed E-state index contributed by atoms with van der Waals surface area (Å²) in [6.07, 6.45) is 4.47. The Labute approximate surface area is 367 Å². The number of nitrogens with one attached hydrogen (secondary N) is 1. The third-order valence-corrected chi connectivity index (χ3v) is 12.8. The molecular weight excluding hydrogens is 797 g/mol. The zero-order valence-electron chi connectivity index (χ0n) is 36.1. The molecule has 0 bridgehead atoms. The number of nitrogens with zero attached hydrogens (tertiary/aromatic N) is 11. The Balaban J connectivity index is 0.778. The minimum absolute atomic E-state index is 0.0719. The van der Waals surface area contributed by atoms with Gasteiger partial charge in [-0.25, -0.2) is 9.97 Å². The molecule has 9 rings (SSSR count). The van der Waals surface area contributed by atoms with Crippen LogP contribution in [0.1, 0.15) is 82.6 Å². The minimum atomic E-state index is -0.629. The molecule has 5 aliphatic rings. The number of amides is 4. The molecule has 1 N–H and O–H groups in total. The van der Waals surface area contributed by atoms with E-state index in [0.717, 1.165) is 73.8 Å². The minimum Gasteiger partial charge on any atom is -0.354 e. The van der Waals surface area contributed by atoms with Gasteiger partial charge in [0, 0.05) is 81.5 Å². The van der Waals surface area contributed by atoms with E-state index in [-0.39, 0.29) is 24.1 Å². The monoisotopic (exact) mass is 848 g/mol. The molecule has 1 aromatic carbocycles. The number of carbonyl (C=O) groups excluding carboxylic acids is 4. The molecule has 5 aliphatic heterocycles. The predicted octanol–water partition coefficient (Wildman–Crippen LogP) is 2.77. The van der Waals surface area contributed by atoms with E-state index in [9.17, 15) is 19.2 Å². The van der Waals surface area contributed by atoms with Gasteiger partial charge in [-0.2, -0.15) is 0 Å². The fourth-order valence-electron chi connectivity index (χ4n) is 9.15. The molecule has 3 saturated heterocycles. The molecule has 0 aliphatic carbocycles. The normalized spacial score (nSPS) is 20.2. The lowest BCUT2D eigenvalue weighted by Gasteiger charge is -2.32. The van der Waals surface area contributed by atoms with Crippen molar-refractivity contribution in [1.82, 2.24) is 49.6 Å². The van der Waals surface area contributed by atoms with Gasteiger partial charge in [0.05, 0.1) is 37.4 Å². The second-order valence-electron chi connectivity index (χ2n) is 17.0. The van der Waals surface area contributed by atoms with E-state index in [2.05, 4.69) is 72.8 Å². The highest BCUT2D eigenvalue weighted by Gasteiger charge is 2.39. The largest absolute Gasteiger partial charge is 0.354 e. The molecule has 3 fully saturated rings. The molecule has 0 radical (unpaired) electrons. The lowest BCUT2D eigenvalue weighted by atomic mass is 10.0. The SMILES string of the molecule is CCn1cnnc1-c1cccc(N2Cc3c(cc(N4CCC[C@H]4C)nc3CN(C)CC#CCN3CCN(CC#Cc4ccc5c(c4)CN(C4CCC(=O)NC4=O)C5=O)CC3)C2=O)n1. The first kappa shape index (κ1) is 41.9. The van der Waals surface area contributed by atoms with Gasteiger partial charge < -0.3 is 14.4 Å². The Morgan fingerprint density at radius 1 is 0.841 bits per heavy atom. The van der Waals surface area contributed by atoms with E-state index < -0.39 is 11.9 Å². The molecule has 4 amide bonds. The fourth-order valence-corrected chi connectivity index (χ4v) is 9.15. The number of aryl methyl sites for hydroxylation is 1. The van der Waals surface area contributed by atoms with Gasteiger partial charge in [-0.1, -0.05) is 29.7 Å². The molecule has 2 atom stereocenters. The Bertz CT molecular complexity index is 2580. The summed E-state index contributed by atoms with van der Waals surface area (Å²) in [6, 6.07) is 13.0. The van der Waals surface area contributed by atoms with Crippen LogP contribution in [0.3, 0.4) is 0 Å². The van der Waals surface area contributed by atoms with Crippen molar-refractivity contribution in [1.29, 1.82) is 0 Å². The van der Waals surface area contributed by atoms with E-state index in [1.165, 1.54) is 0 Å². The van der Waals surface area contributed by atoms with E-state index >= 15 is 0 Å². The molecule has 4 aromatic rings. The zero-order valence-corrected chi connectivity index (χ0v) is 36.1. The number of imide groups is 1. The molecule has 3 aromatic heterocycles. The number of piperazine rings is 1. The van der Waals surface area contributed by atoms with Gasteiger partial charge in [-0.15, -0.1) is 10.2 Å². The van der Waals surface area contributed by atoms with Crippen molar-refractivity contribution in [3.63, 3.8) is 0 Å². The van der Waals surface area contributed by atoms with Gasteiger partial charge in [0.25, 0.3) is 11.8 Å². The molecule has 16 heteroatoms. The number of benzene rings is 1. The van der Waals surface area contributed by atoms with Gasteiger partial charge in [-0.05, 0) is 82.1 Å². The zero-order chi connectivity index (χ0) is 43.6. The highest BCUT2D eigenvalue weighted by molar-refractivity contribution is 6.10. The maximum atomic E-state index is 14.1. The van der Waals surface area contributed by atoms with Crippen molar-refractivity contribution >= 4 is 35.3 Å². The highest BCUT2D eigenvalue weighted by atomic mass is 16.2. The average Bonchev–Trinajstić information content (AvgIpc) is 4.09. The molecular formula is C47H52N12O4. The first-order valence-electron chi connectivity index (χ1n) is 22.0. The number of piperidine rings is 1. The smallest absolute Gasteiger partial charge is 0.260 e. The molecule has 8 heterocycles. The number of rotatable bonds is 10. The fraction of sp³-hybridized carbons (Fsp3) is 0.447. The topological polar surface area (TPSA) is 156 Å². The van der Waals surface area contributed by atoms with E-state index in [0.29, 0.717) is 86.7 Å². The van der Waals surface area contributed by atoms with E-state index in [1.807, 2.05) is 47.9 Å². The summed E-state index contributed by atoms with van der Waals surface area (Å²) in [5, 5.41) is 10.7. The van der Waals surface area contributed by atoms with Crippen LogP contribution < -0.4 is 15.1 Å². The number of fused-ring (bicyclic) bond motifs is 2. The summed E-state index contributed by atoms with van der Waals surface area (Å²) in [5.74, 6) is 14.5. The van der Waals surface area contributed by atoms with Crippen LogP contribution in [-0.4, -0.2) is 139 Å². The Morgan fingerprint density at radius 3 is 2.41 bits per heavy atom. The van der Waals surface area contributed by atoms with Gasteiger partial charge in [0.1, 0.15) is 29.7 Å². The van der Waals surface area contributed by atoms with Crippen LogP contribution in [0.5, 0.6) is 0 Å². The van der Waals surface area contributed by atoms with Crippen LogP contribution in [0.2, 0.25) is 0 Å². The highest BCUT2D eigenvalue weighted by Crippen LogP contribution is 2.35. The predicted molar refractivity (Wildman–Crippen MR) is 236 cm³/mol. The summed E-state index contributed by atoms with van der Waals surface area (Å²) in [4.78, 5) is 73.7. The maximum absolute atomic E-state index is 14.1. The molecule has 324 valence electrons. The maximum Gasteiger partial charge on any atom is 0.260 e. The van der Waals surface area contributed by atoms with Crippen molar-refractivity contribution in [2.45, 2.75) is 77.8 Å². The van der Waals surface area contributed by atoms with Crippen LogP contribution >= 0.6 is 0 Å². The van der Waals surface area contributed by atoms with Gasteiger partial charge >= 0.3 is 0 Å². The van der Waals surface area contributed by atoms with Gasteiger partial charge in [0.2, 0.25) is 11.8 Å². The van der Waals surface area contributed by atoms with Gasteiger partial charge in [-0.3, -0.25) is 44.1 Å². The number of anilines is 2. The molecule has 1 unspecified atom stereocenters. The number of hydrogen-bond acceptors (Lipinski definition) is 12. The first-order valence-corrected chi connectivity index (χ1v) is 22.0. The quantitative estimate of drug-likeness (QED) is 0.184. The van der Waals surface area contributed by atoms with E-state index in [1.54, 1.807) is 22.2 Å². The van der Waals surface area contributed by atoms with Crippen LogP contribution in [-0.2, 0) is 35.8 Å². The summed E-state index contributed by atoms with van der Waals surface area (Å²) in [5.41, 5.74) is 5.46. The lowest BCUT2D eigenvalue weighted by Crippen LogP contribution is -2.52. The van der Waals surface area contributed by atoms with Crippen molar-refractivity contribution in [2.75, 3.05) is 69.2 Å². The lowest BCUT2D eigenvalue weighted by molar-refractivity contribution is -0.136. The number of carbonyl (C=O) groups is 4. The second kappa shape index (κ2) is 18.1. The number of pyridine rings is 2. The first-order chi connectivity index (χ1) is 30.6. The summed E-state index contributed by atoms with van der Waals surface area (Å²) < 4.78 is 1.93. The molecule has 63 heavy (non-hydrogen) atoms. The second-order valence-corrected chi connectivity index (χ2v) is 17.0. The molecule has 0 spiro atoms. The number of aromatic nitrogens is 5. The summed E-state index contributed by atoms with van der Waals surface area (Å²) in [7, 11) is 2.05. The van der Waals surface area contributed by atoms with Gasteiger partial charge in [0.15, 0.2) is 5.82 Å². The van der Waals surface area contributed by atoms with Crippen LogP contribution in [0.25, 0.3) is 11.5 Å².